The van der Waals surface area contributed by atoms with E-state index in [9.17, 15) is 0 Å². The van der Waals surface area contributed by atoms with Crippen molar-refractivity contribution in [3.63, 3.8) is 0 Å². The van der Waals surface area contributed by atoms with E-state index in [1.807, 2.05) is 24.7 Å². The SMILES string of the molecule is Cc1nccn1CCCCN1CCN(c2ncccn2)CC1. The third-order valence-electron chi connectivity index (χ3n) is 4.25. The van der Waals surface area contributed by atoms with Crippen LogP contribution in [0.5, 0.6) is 0 Å². The Morgan fingerprint density at radius 3 is 2.32 bits per heavy atom. The number of hydrogen-bond acceptors (Lipinski definition) is 5. The summed E-state index contributed by atoms with van der Waals surface area (Å²) in [6.45, 7) is 8.55. The van der Waals surface area contributed by atoms with Gasteiger partial charge in [0, 0.05) is 57.5 Å². The summed E-state index contributed by atoms with van der Waals surface area (Å²) in [6, 6.07) is 1.86. The number of hydrogen-bond donors (Lipinski definition) is 0. The molecule has 0 bridgehead atoms. The molecule has 1 aliphatic rings. The van der Waals surface area contributed by atoms with Gasteiger partial charge in [-0.2, -0.15) is 0 Å². The third-order valence-corrected chi connectivity index (χ3v) is 4.25. The molecule has 1 aliphatic heterocycles. The summed E-state index contributed by atoms with van der Waals surface area (Å²) in [6.07, 6.45) is 10.0. The minimum absolute atomic E-state index is 0.859. The van der Waals surface area contributed by atoms with Crippen molar-refractivity contribution >= 4 is 5.95 Å². The zero-order valence-corrected chi connectivity index (χ0v) is 13.2. The van der Waals surface area contributed by atoms with Gasteiger partial charge in [-0.05, 0) is 32.4 Å². The highest BCUT2D eigenvalue weighted by Crippen LogP contribution is 2.10. The van der Waals surface area contributed by atoms with Gasteiger partial charge in [0.1, 0.15) is 5.82 Å². The zero-order chi connectivity index (χ0) is 15.2. The summed E-state index contributed by atoms with van der Waals surface area (Å²) in [7, 11) is 0. The molecule has 0 N–H and O–H groups in total. The molecule has 0 unspecified atom stereocenters. The zero-order valence-electron chi connectivity index (χ0n) is 13.2. The quantitative estimate of drug-likeness (QED) is 0.758. The molecular formula is C16H24N6. The van der Waals surface area contributed by atoms with Crippen LogP contribution in [0.25, 0.3) is 0 Å². The summed E-state index contributed by atoms with van der Waals surface area (Å²) in [5, 5.41) is 0. The highest BCUT2D eigenvalue weighted by atomic mass is 15.3. The molecule has 2 aromatic rings. The first-order valence-corrected chi connectivity index (χ1v) is 8.05. The van der Waals surface area contributed by atoms with E-state index in [1.54, 1.807) is 0 Å². The molecule has 3 rings (SSSR count). The Kier molecular flexibility index (Phi) is 5.00. The minimum atomic E-state index is 0.859. The maximum atomic E-state index is 4.33. The van der Waals surface area contributed by atoms with Crippen molar-refractivity contribution < 1.29 is 0 Å². The number of imidazole rings is 1. The molecule has 1 saturated heterocycles. The lowest BCUT2D eigenvalue weighted by Gasteiger charge is -2.34. The van der Waals surface area contributed by atoms with Gasteiger partial charge in [-0.1, -0.05) is 0 Å². The van der Waals surface area contributed by atoms with Gasteiger partial charge < -0.3 is 9.47 Å². The lowest BCUT2D eigenvalue weighted by molar-refractivity contribution is 0.250. The van der Waals surface area contributed by atoms with E-state index in [4.69, 9.17) is 0 Å². The van der Waals surface area contributed by atoms with E-state index in [2.05, 4.69) is 42.4 Å². The molecule has 0 aliphatic carbocycles. The fraction of sp³-hybridized carbons (Fsp3) is 0.562. The summed E-state index contributed by atoms with van der Waals surface area (Å²) < 4.78 is 2.23. The first kappa shape index (κ1) is 15.0. The van der Waals surface area contributed by atoms with Crippen LogP contribution in [0.3, 0.4) is 0 Å². The van der Waals surface area contributed by atoms with Crippen LogP contribution in [-0.4, -0.2) is 57.1 Å². The van der Waals surface area contributed by atoms with Gasteiger partial charge in [-0.25, -0.2) is 15.0 Å². The predicted molar refractivity (Wildman–Crippen MR) is 86.9 cm³/mol. The smallest absolute Gasteiger partial charge is 0.225 e. The Bertz CT molecular complexity index is 559. The van der Waals surface area contributed by atoms with E-state index in [-0.39, 0.29) is 0 Å². The molecule has 22 heavy (non-hydrogen) atoms. The fourth-order valence-electron chi connectivity index (χ4n) is 2.88. The molecule has 0 radical (unpaired) electrons. The molecular weight excluding hydrogens is 276 g/mol. The molecule has 0 spiro atoms. The molecule has 1 fully saturated rings. The van der Waals surface area contributed by atoms with Gasteiger partial charge in [-0.15, -0.1) is 0 Å². The van der Waals surface area contributed by atoms with Crippen LogP contribution >= 0.6 is 0 Å². The standard InChI is InChI=1S/C16H24N6/c1-15-17-7-10-21(15)9-3-2-8-20-11-13-22(14-12-20)16-18-5-4-6-19-16/h4-7,10H,2-3,8-9,11-14H2,1H3. The van der Waals surface area contributed by atoms with Crippen molar-refractivity contribution in [2.24, 2.45) is 0 Å². The minimum Gasteiger partial charge on any atom is -0.338 e. The monoisotopic (exact) mass is 300 g/mol. The highest BCUT2D eigenvalue weighted by molar-refractivity contribution is 5.29. The van der Waals surface area contributed by atoms with Crippen molar-refractivity contribution in [2.75, 3.05) is 37.6 Å². The number of nitrogens with zero attached hydrogens (tertiary/aromatic N) is 6. The molecule has 118 valence electrons. The van der Waals surface area contributed by atoms with Crippen LogP contribution in [0.4, 0.5) is 5.95 Å². The number of anilines is 1. The van der Waals surface area contributed by atoms with Gasteiger partial charge >= 0.3 is 0 Å². The maximum absolute atomic E-state index is 4.33. The highest BCUT2D eigenvalue weighted by Gasteiger charge is 2.17. The van der Waals surface area contributed by atoms with Crippen LogP contribution in [0.1, 0.15) is 18.7 Å². The van der Waals surface area contributed by atoms with Crippen LogP contribution in [0.2, 0.25) is 0 Å². The first-order valence-electron chi connectivity index (χ1n) is 8.05. The van der Waals surface area contributed by atoms with Crippen molar-refractivity contribution in [1.29, 1.82) is 0 Å². The second kappa shape index (κ2) is 7.35. The van der Waals surface area contributed by atoms with Crippen molar-refractivity contribution in [2.45, 2.75) is 26.3 Å². The number of rotatable bonds is 6. The molecule has 3 heterocycles. The van der Waals surface area contributed by atoms with E-state index < -0.39 is 0 Å². The van der Waals surface area contributed by atoms with Crippen LogP contribution in [0.15, 0.2) is 30.9 Å². The van der Waals surface area contributed by atoms with E-state index in [0.29, 0.717) is 0 Å². The number of aromatic nitrogens is 4. The fourth-order valence-corrected chi connectivity index (χ4v) is 2.88. The van der Waals surface area contributed by atoms with Gasteiger partial charge in [0.2, 0.25) is 5.95 Å². The van der Waals surface area contributed by atoms with E-state index >= 15 is 0 Å². The molecule has 2 aromatic heterocycles. The van der Waals surface area contributed by atoms with Crippen molar-refractivity contribution in [3.05, 3.63) is 36.7 Å². The Labute approximate surface area is 131 Å². The predicted octanol–water partition coefficient (Wildman–Crippen LogP) is 1.58. The number of unbranched alkanes of at least 4 members (excludes halogenated alkanes) is 1. The largest absolute Gasteiger partial charge is 0.338 e. The number of aryl methyl sites for hydroxylation is 2. The van der Waals surface area contributed by atoms with Crippen LogP contribution in [-0.2, 0) is 6.54 Å². The molecule has 0 amide bonds. The van der Waals surface area contributed by atoms with E-state index in [1.165, 1.54) is 19.4 Å². The average Bonchev–Trinajstić information content (AvgIpc) is 2.98. The molecule has 0 saturated carbocycles. The Morgan fingerprint density at radius 2 is 1.64 bits per heavy atom. The Morgan fingerprint density at radius 1 is 0.909 bits per heavy atom. The summed E-state index contributed by atoms with van der Waals surface area (Å²) in [5.74, 6) is 1.97. The second-order valence-electron chi connectivity index (χ2n) is 5.75. The molecule has 6 heteroatoms. The summed E-state index contributed by atoms with van der Waals surface area (Å²) in [5.41, 5.74) is 0. The number of piperazine rings is 1. The molecule has 0 atom stereocenters. The molecule has 0 aromatic carbocycles. The molecule has 6 nitrogen and oxygen atoms in total. The van der Waals surface area contributed by atoms with Gasteiger partial charge in [0.15, 0.2) is 0 Å². The van der Waals surface area contributed by atoms with Crippen molar-refractivity contribution in [1.82, 2.24) is 24.4 Å². The van der Waals surface area contributed by atoms with E-state index in [0.717, 1.165) is 44.5 Å². The average molecular weight is 300 g/mol. The van der Waals surface area contributed by atoms with Crippen molar-refractivity contribution in [3.8, 4) is 0 Å². The van der Waals surface area contributed by atoms with Gasteiger partial charge in [-0.3, -0.25) is 4.90 Å². The van der Waals surface area contributed by atoms with Crippen LogP contribution in [0, 0.1) is 6.92 Å². The second-order valence-corrected chi connectivity index (χ2v) is 5.75. The van der Waals surface area contributed by atoms with Gasteiger partial charge in [0.05, 0.1) is 0 Å². The lowest BCUT2D eigenvalue weighted by atomic mass is 10.2. The maximum Gasteiger partial charge on any atom is 0.225 e. The normalized spacial score (nSPS) is 16.1. The third kappa shape index (κ3) is 3.82. The first-order chi connectivity index (χ1) is 10.8. The Balaban J connectivity index is 1.35. The van der Waals surface area contributed by atoms with Gasteiger partial charge in [0.25, 0.3) is 0 Å². The lowest BCUT2D eigenvalue weighted by Crippen LogP contribution is -2.47. The summed E-state index contributed by atoms with van der Waals surface area (Å²) >= 11 is 0. The summed E-state index contributed by atoms with van der Waals surface area (Å²) in [4.78, 5) is 17.7. The van der Waals surface area contributed by atoms with Crippen LogP contribution < -0.4 is 4.90 Å². The topological polar surface area (TPSA) is 50.1 Å². The Hall–Kier alpha value is -1.95.